The maximum atomic E-state index is 11.8. The van der Waals surface area contributed by atoms with Gasteiger partial charge in [0.15, 0.2) is 5.82 Å². The van der Waals surface area contributed by atoms with Gasteiger partial charge in [0.25, 0.3) is 5.91 Å². The highest BCUT2D eigenvalue weighted by atomic mass is 16.6. The van der Waals surface area contributed by atoms with Crippen LogP contribution in [0.4, 0.5) is 5.82 Å². The van der Waals surface area contributed by atoms with E-state index < -0.39 is 4.92 Å². The predicted octanol–water partition coefficient (Wildman–Crippen LogP) is 1.91. The smallest absolute Gasteiger partial charge is 0.343 e. The molecule has 0 saturated carbocycles. The minimum atomic E-state index is -0.504. The Hall–Kier alpha value is -3.03. The van der Waals surface area contributed by atoms with Crippen LogP contribution in [0, 0.1) is 17.0 Å². The molecule has 0 fully saturated rings. The van der Waals surface area contributed by atoms with E-state index in [1.165, 1.54) is 10.8 Å². The van der Waals surface area contributed by atoms with Gasteiger partial charge in [-0.1, -0.05) is 18.2 Å². The van der Waals surface area contributed by atoms with Crippen molar-refractivity contribution in [2.75, 3.05) is 0 Å². The van der Waals surface area contributed by atoms with Crippen LogP contribution in [-0.2, 0) is 6.54 Å². The van der Waals surface area contributed by atoms with Crippen molar-refractivity contribution < 1.29 is 9.72 Å². The predicted molar refractivity (Wildman–Crippen MR) is 80.6 cm³/mol. The molecule has 0 spiro atoms. The highest BCUT2D eigenvalue weighted by molar-refractivity contribution is 5.95. The standard InChI is InChI=1S/C14H15N5O3/c1-10(9-18-11(2)15-8-13(18)19(21)22)16-17-14(20)12-6-4-3-5-7-12/h3-8H,9H2,1-2H3,(H,17,20)/b16-10+. The molecule has 0 radical (unpaired) electrons. The summed E-state index contributed by atoms with van der Waals surface area (Å²) in [6, 6.07) is 8.66. The van der Waals surface area contributed by atoms with E-state index in [2.05, 4.69) is 15.5 Å². The van der Waals surface area contributed by atoms with E-state index in [9.17, 15) is 14.9 Å². The van der Waals surface area contributed by atoms with Crippen LogP contribution < -0.4 is 5.43 Å². The maximum absolute atomic E-state index is 11.8. The lowest BCUT2D eigenvalue weighted by Crippen LogP contribution is -2.21. The number of hydrogen-bond donors (Lipinski definition) is 1. The molecule has 1 aromatic heterocycles. The fourth-order valence-corrected chi connectivity index (χ4v) is 1.86. The summed E-state index contributed by atoms with van der Waals surface area (Å²) in [7, 11) is 0. The molecule has 1 aromatic carbocycles. The Morgan fingerprint density at radius 2 is 2.09 bits per heavy atom. The Labute approximate surface area is 126 Å². The second-order valence-electron chi connectivity index (χ2n) is 4.66. The van der Waals surface area contributed by atoms with E-state index in [0.29, 0.717) is 17.1 Å². The van der Waals surface area contributed by atoms with Gasteiger partial charge < -0.3 is 10.1 Å². The van der Waals surface area contributed by atoms with Crippen LogP contribution in [0.25, 0.3) is 0 Å². The van der Waals surface area contributed by atoms with Gasteiger partial charge in [-0.25, -0.2) is 15.0 Å². The number of nitro groups is 1. The number of benzene rings is 1. The quantitative estimate of drug-likeness (QED) is 0.517. The van der Waals surface area contributed by atoms with Crippen molar-refractivity contribution in [2.45, 2.75) is 20.4 Å². The first kappa shape index (κ1) is 15.4. The molecule has 8 heteroatoms. The average Bonchev–Trinajstić information content (AvgIpc) is 2.87. The zero-order chi connectivity index (χ0) is 16.1. The SMILES string of the molecule is C/C(Cn1c([N+](=O)[O-])cnc1C)=N\NC(=O)c1ccccc1. The van der Waals surface area contributed by atoms with Crippen molar-refractivity contribution in [1.29, 1.82) is 0 Å². The van der Waals surface area contributed by atoms with Crippen LogP contribution in [0.15, 0.2) is 41.6 Å². The first-order valence-electron chi connectivity index (χ1n) is 6.54. The molecule has 22 heavy (non-hydrogen) atoms. The lowest BCUT2D eigenvalue weighted by atomic mass is 10.2. The van der Waals surface area contributed by atoms with Crippen LogP contribution in [0.5, 0.6) is 0 Å². The summed E-state index contributed by atoms with van der Waals surface area (Å²) in [6.07, 6.45) is 1.20. The number of hydrazone groups is 1. The van der Waals surface area contributed by atoms with Crippen LogP contribution in [0.2, 0.25) is 0 Å². The second kappa shape index (κ2) is 6.61. The number of hydrogen-bond acceptors (Lipinski definition) is 5. The Bertz CT molecular complexity index is 721. The number of nitrogens with zero attached hydrogens (tertiary/aromatic N) is 4. The van der Waals surface area contributed by atoms with E-state index in [4.69, 9.17) is 0 Å². The number of aromatic nitrogens is 2. The van der Waals surface area contributed by atoms with Crippen molar-refractivity contribution in [3.63, 3.8) is 0 Å². The number of imidazole rings is 1. The van der Waals surface area contributed by atoms with Gasteiger partial charge in [-0.15, -0.1) is 0 Å². The summed E-state index contributed by atoms with van der Waals surface area (Å²) in [6.45, 7) is 3.52. The molecule has 0 atom stereocenters. The van der Waals surface area contributed by atoms with Crippen molar-refractivity contribution in [2.24, 2.45) is 5.10 Å². The maximum Gasteiger partial charge on any atom is 0.343 e. The van der Waals surface area contributed by atoms with Crippen LogP contribution in [-0.4, -0.2) is 26.1 Å². The van der Waals surface area contributed by atoms with Crippen LogP contribution in [0.3, 0.4) is 0 Å². The molecule has 114 valence electrons. The van der Waals surface area contributed by atoms with Gasteiger partial charge in [0.2, 0.25) is 0 Å². The molecule has 0 aliphatic carbocycles. The Kier molecular flexibility index (Phi) is 4.62. The molecule has 1 N–H and O–H groups in total. The fraction of sp³-hybridized carbons (Fsp3) is 0.214. The van der Waals surface area contributed by atoms with Gasteiger partial charge in [0.1, 0.15) is 12.7 Å². The third-order valence-electron chi connectivity index (χ3n) is 2.99. The van der Waals surface area contributed by atoms with Gasteiger partial charge in [0, 0.05) is 12.5 Å². The minimum absolute atomic E-state index is 0.110. The van der Waals surface area contributed by atoms with Gasteiger partial charge in [-0.2, -0.15) is 5.10 Å². The summed E-state index contributed by atoms with van der Waals surface area (Å²) in [5, 5.41) is 14.9. The third kappa shape index (κ3) is 3.54. The number of aryl methyl sites for hydroxylation is 1. The molecular weight excluding hydrogens is 286 g/mol. The number of nitrogens with one attached hydrogen (secondary N) is 1. The van der Waals surface area contributed by atoms with Crippen molar-refractivity contribution in [3.8, 4) is 0 Å². The molecule has 1 amide bonds. The monoisotopic (exact) mass is 301 g/mol. The van der Waals surface area contributed by atoms with Crippen molar-refractivity contribution in [3.05, 3.63) is 58.0 Å². The number of rotatable bonds is 5. The van der Waals surface area contributed by atoms with E-state index >= 15 is 0 Å². The molecule has 0 unspecified atom stereocenters. The molecule has 1 heterocycles. The average molecular weight is 301 g/mol. The van der Waals surface area contributed by atoms with E-state index in [-0.39, 0.29) is 18.3 Å². The fourth-order valence-electron chi connectivity index (χ4n) is 1.86. The second-order valence-corrected chi connectivity index (χ2v) is 4.66. The largest absolute Gasteiger partial charge is 0.358 e. The van der Waals surface area contributed by atoms with E-state index in [1.54, 1.807) is 38.1 Å². The van der Waals surface area contributed by atoms with Crippen molar-refractivity contribution >= 4 is 17.4 Å². The summed E-state index contributed by atoms with van der Waals surface area (Å²) >= 11 is 0. The normalized spacial score (nSPS) is 11.3. The Balaban J connectivity index is 2.06. The molecule has 2 aromatic rings. The first-order chi connectivity index (χ1) is 10.5. The van der Waals surface area contributed by atoms with E-state index in [0.717, 1.165) is 0 Å². The summed E-state index contributed by atoms with van der Waals surface area (Å²) in [5.74, 6) is 0.0638. The first-order valence-corrected chi connectivity index (χ1v) is 6.54. The summed E-state index contributed by atoms with van der Waals surface area (Å²) in [5.41, 5.74) is 3.44. The topological polar surface area (TPSA) is 102 Å². The number of carbonyl (C=O) groups is 1. The van der Waals surface area contributed by atoms with Gasteiger partial charge in [0.05, 0.1) is 5.71 Å². The highest BCUT2D eigenvalue weighted by Crippen LogP contribution is 2.13. The molecule has 8 nitrogen and oxygen atoms in total. The lowest BCUT2D eigenvalue weighted by molar-refractivity contribution is -0.392. The Morgan fingerprint density at radius 1 is 1.41 bits per heavy atom. The van der Waals surface area contributed by atoms with Crippen LogP contribution in [0.1, 0.15) is 23.1 Å². The molecular formula is C14H15N5O3. The highest BCUT2D eigenvalue weighted by Gasteiger charge is 2.17. The summed E-state index contributed by atoms with van der Waals surface area (Å²) < 4.78 is 1.42. The van der Waals surface area contributed by atoms with E-state index in [1.807, 2.05) is 6.07 Å². The van der Waals surface area contributed by atoms with Crippen molar-refractivity contribution in [1.82, 2.24) is 15.0 Å². The van der Waals surface area contributed by atoms with Crippen LogP contribution >= 0.6 is 0 Å². The molecule has 0 aliphatic heterocycles. The summed E-state index contributed by atoms with van der Waals surface area (Å²) in [4.78, 5) is 26.2. The molecule has 0 aliphatic rings. The molecule has 0 saturated heterocycles. The number of carbonyl (C=O) groups excluding carboxylic acids is 1. The third-order valence-corrected chi connectivity index (χ3v) is 2.99. The van der Waals surface area contributed by atoms with Gasteiger partial charge in [-0.3, -0.25) is 4.79 Å². The molecule has 2 rings (SSSR count). The van der Waals surface area contributed by atoms with Gasteiger partial charge >= 0.3 is 5.82 Å². The van der Waals surface area contributed by atoms with Gasteiger partial charge in [-0.05, 0) is 24.0 Å². The number of amides is 1. The lowest BCUT2D eigenvalue weighted by Gasteiger charge is -2.04. The molecule has 0 bridgehead atoms. The minimum Gasteiger partial charge on any atom is -0.358 e. The zero-order valence-electron chi connectivity index (χ0n) is 12.2. The zero-order valence-corrected chi connectivity index (χ0v) is 12.2. The Morgan fingerprint density at radius 3 is 2.73 bits per heavy atom.